The summed E-state index contributed by atoms with van der Waals surface area (Å²) in [6.07, 6.45) is 1.71. The van der Waals surface area contributed by atoms with Crippen molar-refractivity contribution in [2.75, 3.05) is 6.54 Å². The molecular formula is C8H17NO2. The van der Waals surface area contributed by atoms with Crippen molar-refractivity contribution < 1.29 is 9.90 Å². The highest BCUT2D eigenvalue weighted by atomic mass is 16.3. The van der Waals surface area contributed by atoms with E-state index < -0.39 is 5.60 Å². The molecule has 0 bridgehead atoms. The topological polar surface area (TPSA) is 63.3 Å². The number of aliphatic hydroxyl groups is 1. The molecule has 0 radical (unpaired) electrons. The van der Waals surface area contributed by atoms with Crippen molar-refractivity contribution in [1.29, 1.82) is 0 Å². The smallest absolute Gasteiger partial charge is 0.122 e. The minimum Gasteiger partial charge on any atom is -0.389 e. The number of carbonyl (C=O) groups excluding carboxylic acids is 1. The molecule has 2 atom stereocenters. The van der Waals surface area contributed by atoms with Crippen molar-refractivity contribution in [3.05, 3.63) is 0 Å². The number of aldehydes is 1. The van der Waals surface area contributed by atoms with Gasteiger partial charge in [0.15, 0.2) is 0 Å². The van der Waals surface area contributed by atoms with Gasteiger partial charge in [0.1, 0.15) is 6.29 Å². The average molecular weight is 159 g/mol. The summed E-state index contributed by atoms with van der Waals surface area (Å²) in [5, 5.41) is 9.66. The van der Waals surface area contributed by atoms with Gasteiger partial charge in [-0.1, -0.05) is 6.92 Å². The van der Waals surface area contributed by atoms with Gasteiger partial charge in [0.05, 0.1) is 5.60 Å². The van der Waals surface area contributed by atoms with Gasteiger partial charge in [-0.2, -0.15) is 0 Å². The van der Waals surface area contributed by atoms with Crippen LogP contribution < -0.4 is 5.73 Å². The molecule has 3 nitrogen and oxygen atoms in total. The maximum Gasteiger partial charge on any atom is 0.122 e. The first-order valence-electron chi connectivity index (χ1n) is 3.94. The molecule has 0 rings (SSSR count). The van der Waals surface area contributed by atoms with Gasteiger partial charge in [-0.05, 0) is 25.8 Å². The highest BCUT2D eigenvalue weighted by Crippen LogP contribution is 2.21. The van der Waals surface area contributed by atoms with Crippen LogP contribution in [-0.4, -0.2) is 23.5 Å². The third-order valence-corrected chi connectivity index (χ3v) is 2.15. The Morgan fingerprint density at radius 3 is 2.55 bits per heavy atom. The van der Waals surface area contributed by atoms with Crippen LogP contribution in [0.2, 0.25) is 0 Å². The first-order valence-corrected chi connectivity index (χ1v) is 3.94. The summed E-state index contributed by atoms with van der Waals surface area (Å²) < 4.78 is 0. The van der Waals surface area contributed by atoms with Crippen LogP contribution in [0.5, 0.6) is 0 Å². The molecule has 3 N–H and O–H groups in total. The highest BCUT2D eigenvalue weighted by Gasteiger charge is 2.28. The minimum absolute atomic E-state index is 0.0210. The number of hydrogen-bond acceptors (Lipinski definition) is 3. The summed E-state index contributed by atoms with van der Waals surface area (Å²) in [5.41, 5.74) is 4.50. The second-order valence-corrected chi connectivity index (χ2v) is 3.07. The Kier molecular flexibility index (Phi) is 4.30. The van der Waals surface area contributed by atoms with Crippen LogP contribution in [0, 0.1) is 5.92 Å². The van der Waals surface area contributed by atoms with E-state index in [-0.39, 0.29) is 12.3 Å². The van der Waals surface area contributed by atoms with E-state index in [0.717, 1.165) is 12.7 Å². The van der Waals surface area contributed by atoms with Crippen LogP contribution >= 0.6 is 0 Å². The zero-order valence-electron chi connectivity index (χ0n) is 7.21. The van der Waals surface area contributed by atoms with Gasteiger partial charge in [-0.3, -0.25) is 0 Å². The van der Waals surface area contributed by atoms with E-state index >= 15 is 0 Å². The standard InChI is InChI=1S/C8H17NO2/c1-3-7(6-9)8(2,11)4-5-10/h5,7,11H,3-4,6,9H2,1-2H3. The molecule has 66 valence electrons. The van der Waals surface area contributed by atoms with Crippen LogP contribution in [0.3, 0.4) is 0 Å². The Bertz CT molecular complexity index is 119. The Balaban J connectivity index is 4.10. The second-order valence-electron chi connectivity index (χ2n) is 3.07. The Labute approximate surface area is 67.6 Å². The molecule has 3 heteroatoms. The van der Waals surface area contributed by atoms with E-state index in [1.54, 1.807) is 6.92 Å². The zero-order chi connectivity index (χ0) is 8.91. The SMILES string of the molecule is CCC(CN)C(C)(O)CC=O. The molecule has 0 saturated carbocycles. The van der Waals surface area contributed by atoms with Crippen molar-refractivity contribution in [3.63, 3.8) is 0 Å². The fraction of sp³-hybridized carbons (Fsp3) is 0.875. The van der Waals surface area contributed by atoms with Crippen LogP contribution in [-0.2, 0) is 4.79 Å². The largest absolute Gasteiger partial charge is 0.389 e. The molecule has 0 aliphatic heterocycles. The van der Waals surface area contributed by atoms with Gasteiger partial charge < -0.3 is 15.6 Å². The number of carbonyl (C=O) groups is 1. The van der Waals surface area contributed by atoms with Crippen molar-refractivity contribution in [2.45, 2.75) is 32.3 Å². The highest BCUT2D eigenvalue weighted by molar-refractivity contribution is 5.51. The summed E-state index contributed by atoms with van der Waals surface area (Å²) in [4.78, 5) is 10.2. The molecule has 0 spiro atoms. The molecule has 0 aromatic rings. The Hall–Kier alpha value is -0.410. The van der Waals surface area contributed by atoms with E-state index in [9.17, 15) is 9.90 Å². The predicted octanol–water partition coefficient (Wildman–Crippen LogP) is 0.311. The fourth-order valence-corrected chi connectivity index (χ4v) is 1.20. The molecule has 0 aromatic heterocycles. The van der Waals surface area contributed by atoms with Crippen molar-refractivity contribution in [2.24, 2.45) is 11.7 Å². The summed E-state index contributed by atoms with van der Waals surface area (Å²) in [6.45, 7) is 4.04. The molecular weight excluding hydrogens is 142 g/mol. The van der Waals surface area contributed by atoms with Gasteiger partial charge in [0, 0.05) is 6.42 Å². The lowest BCUT2D eigenvalue weighted by molar-refractivity contribution is -0.113. The summed E-state index contributed by atoms with van der Waals surface area (Å²) in [5.74, 6) is 0.0210. The van der Waals surface area contributed by atoms with Crippen molar-refractivity contribution >= 4 is 6.29 Å². The Morgan fingerprint density at radius 1 is 1.73 bits per heavy atom. The molecule has 0 amide bonds. The molecule has 0 aromatic carbocycles. The lowest BCUT2D eigenvalue weighted by Gasteiger charge is -2.29. The van der Waals surface area contributed by atoms with E-state index in [1.165, 1.54) is 0 Å². The van der Waals surface area contributed by atoms with Crippen LogP contribution in [0.1, 0.15) is 26.7 Å². The van der Waals surface area contributed by atoms with Crippen LogP contribution in [0.4, 0.5) is 0 Å². The number of nitrogens with two attached hydrogens (primary N) is 1. The second kappa shape index (κ2) is 4.46. The summed E-state index contributed by atoms with van der Waals surface area (Å²) in [7, 11) is 0. The van der Waals surface area contributed by atoms with E-state index in [1.807, 2.05) is 6.92 Å². The van der Waals surface area contributed by atoms with Crippen LogP contribution in [0.15, 0.2) is 0 Å². The molecule has 2 unspecified atom stereocenters. The summed E-state index contributed by atoms with van der Waals surface area (Å²) in [6, 6.07) is 0. The molecule has 11 heavy (non-hydrogen) atoms. The van der Waals surface area contributed by atoms with Crippen molar-refractivity contribution in [1.82, 2.24) is 0 Å². The monoisotopic (exact) mass is 159 g/mol. The average Bonchev–Trinajstić information content (AvgIpc) is 1.89. The third kappa shape index (κ3) is 2.99. The number of rotatable bonds is 5. The summed E-state index contributed by atoms with van der Waals surface area (Å²) >= 11 is 0. The Morgan fingerprint density at radius 2 is 2.27 bits per heavy atom. The maximum absolute atomic E-state index is 10.2. The molecule has 0 aliphatic carbocycles. The number of hydrogen-bond donors (Lipinski definition) is 2. The zero-order valence-corrected chi connectivity index (χ0v) is 7.21. The minimum atomic E-state index is -0.925. The van der Waals surface area contributed by atoms with Gasteiger partial charge in [-0.15, -0.1) is 0 Å². The van der Waals surface area contributed by atoms with E-state index in [0.29, 0.717) is 6.54 Å². The molecule has 0 fully saturated rings. The van der Waals surface area contributed by atoms with E-state index in [2.05, 4.69) is 0 Å². The van der Waals surface area contributed by atoms with Crippen molar-refractivity contribution in [3.8, 4) is 0 Å². The van der Waals surface area contributed by atoms with E-state index in [4.69, 9.17) is 5.73 Å². The molecule has 0 heterocycles. The quantitative estimate of drug-likeness (QED) is 0.567. The first-order chi connectivity index (χ1) is 5.08. The maximum atomic E-state index is 10.2. The molecule has 0 aliphatic rings. The third-order valence-electron chi connectivity index (χ3n) is 2.15. The predicted molar refractivity (Wildman–Crippen MR) is 44.1 cm³/mol. The van der Waals surface area contributed by atoms with Crippen LogP contribution in [0.25, 0.3) is 0 Å². The lowest BCUT2D eigenvalue weighted by Crippen LogP contribution is -2.39. The lowest BCUT2D eigenvalue weighted by atomic mass is 9.85. The molecule has 0 saturated heterocycles. The normalized spacial score (nSPS) is 18.9. The first kappa shape index (κ1) is 10.6. The fourth-order valence-electron chi connectivity index (χ4n) is 1.20. The van der Waals surface area contributed by atoms with Gasteiger partial charge >= 0.3 is 0 Å². The van der Waals surface area contributed by atoms with Gasteiger partial charge in [-0.25, -0.2) is 0 Å². The van der Waals surface area contributed by atoms with Gasteiger partial charge in [0.25, 0.3) is 0 Å². The van der Waals surface area contributed by atoms with Gasteiger partial charge in [0.2, 0.25) is 0 Å².